The van der Waals surface area contributed by atoms with Crippen LogP contribution in [0.2, 0.25) is 0 Å². The summed E-state index contributed by atoms with van der Waals surface area (Å²) in [4.78, 5) is 20.9. The standard InChI is InChI=1S/C21H44NO6P/c1-5-6-7-8-9-10-11-12-13-14-15-16-17-27-29(25,26)28-20(18-21(23)24)19-22(2,3)4/h20H,5-19H2,1-4H3,(H-,23,24,25,26)/p+1/t20-/m0/s1. The smallest absolute Gasteiger partial charge is 0.472 e. The third-order valence-electron chi connectivity index (χ3n) is 4.69. The molecule has 29 heavy (non-hydrogen) atoms. The van der Waals surface area contributed by atoms with Crippen LogP contribution in [0.15, 0.2) is 0 Å². The van der Waals surface area contributed by atoms with E-state index in [9.17, 15) is 14.3 Å². The van der Waals surface area contributed by atoms with E-state index in [-0.39, 0.29) is 13.0 Å². The van der Waals surface area contributed by atoms with Crippen molar-refractivity contribution in [3.8, 4) is 0 Å². The van der Waals surface area contributed by atoms with Crippen molar-refractivity contribution in [3.63, 3.8) is 0 Å². The van der Waals surface area contributed by atoms with Gasteiger partial charge in [-0.1, -0.05) is 77.6 Å². The average molecular weight is 439 g/mol. The largest absolute Gasteiger partial charge is 0.481 e. The summed E-state index contributed by atoms with van der Waals surface area (Å²) in [5.41, 5.74) is 0. The number of rotatable bonds is 20. The average Bonchev–Trinajstić information content (AvgIpc) is 2.56. The first-order valence-corrected chi connectivity index (χ1v) is 12.7. The van der Waals surface area contributed by atoms with Crippen molar-refractivity contribution in [3.05, 3.63) is 0 Å². The second kappa shape index (κ2) is 16.3. The Labute approximate surface area is 178 Å². The van der Waals surface area contributed by atoms with Crippen LogP contribution in [0.1, 0.15) is 90.4 Å². The van der Waals surface area contributed by atoms with E-state index in [1.54, 1.807) is 0 Å². The predicted molar refractivity (Wildman–Crippen MR) is 117 cm³/mol. The molecule has 0 aliphatic carbocycles. The molecule has 2 atom stereocenters. The highest BCUT2D eigenvalue weighted by molar-refractivity contribution is 7.47. The molecule has 0 spiro atoms. The zero-order valence-corrected chi connectivity index (χ0v) is 20.0. The molecule has 174 valence electrons. The fourth-order valence-corrected chi connectivity index (χ4v) is 4.22. The van der Waals surface area contributed by atoms with Crippen LogP contribution < -0.4 is 0 Å². The third kappa shape index (κ3) is 20.6. The predicted octanol–water partition coefficient (Wildman–Crippen LogP) is 5.37. The summed E-state index contributed by atoms with van der Waals surface area (Å²) in [7, 11) is 1.36. The van der Waals surface area contributed by atoms with Gasteiger partial charge in [-0.2, -0.15) is 0 Å². The third-order valence-corrected chi connectivity index (χ3v) is 5.76. The summed E-state index contributed by atoms with van der Waals surface area (Å²) in [5.74, 6) is -1.07. The quantitative estimate of drug-likeness (QED) is 0.151. The van der Waals surface area contributed by atoms with E-state index >= 15 is 0 Å². The molecule has 0 radical (unpaired) electrons. The fraction of sp³-hybridized carbons (Fsp3) is 0.952. The SMILES string of the molecule is CCCCCCCCCCCCCCOP(=O)(O)O[C@@H](CC(=O)O)C[N+](C)(C)C. The Hall–Kier alpha value is -0.460. The van der Waals surface area contributed by atoms with Crippen LogP contribution >= 0.6 is 7.82 Å². The minimum atomic E-state index is -4.25. The van der Waals surface area contributed by atoms with Gasteiger partial charge in [-0.3, -0.25) is 13.8 Å². The highest BCUT2D eigenvalue weighted by atomic mass is 31.2. The van der Waals surface area contributed by atoms with E-state index in [4.69, 9.17) is 14.2 Å². The van der Waals surface area contributed by atoms with E-state index in [0.717, 1.165) is 12.8 Å². The lowest BCUT2D eigenvalue weighted by molar-refractivity contribution is -0.873. The first-order chi connectivity index (χ1) is 13.6. The highest BCUT2D eigenvalue weighted by Gasteiger charge is 2.31. The first-order valence-electron chi connectivity index (χ1n) is 11.2. The Morgan fingerprint density at radius 3 is 1.76 bits per heavy atom. The van der Waals surface area contributed by atoms with Gasteiger partial charge in [0, 0.05) is 0 Å². The van der Waals surface area contributed by atoms with Crippen molar-refractivity contribution >= 4 is 13.8 Å². The van der Waals surface area contributed by atoms with E-state index < -0.39 is 19.9 Å². The number of phosphoric ester groups is 1. The number of quaternary nitrogens is 1. The lowest BCUT2D eigenvalue weighted by Gasteiger charge is -2.29. The maximum absolute atomic E-state index is 12.1. The summed E-state index contributed by atoms with van der Waals surface area (Å²) in [6.45, 7) is 2.69. The van der Waals surface area contributed by atoms with Crippen molar-refractivity contribution < 1.29 is 32.9 Å². The Morgan fingerprint density at radius 1 is 0.897 bits per heavy atom. The molecular weight excluding hydrogens is 393 g/mol. The van der Waals surface area contributed by atoms with Crippen LogP contribution in [-0.2, 0) is 18.4 Å². The molecule has 0 aromatic heterocycles. The van der Waals surface area contributed by atoms with Crippen LogP contribution in [0.4, 0.5) is 0 Å². The van der Waals surface area contributed by atoms with Gasteiger partial charge < -0.3 is 14.5 Å². The van der Waals surface area contributed by atoms with Gasteiger partial charge in [0.2, 0.25) is 0 Å². The fourth-order valence-electron chi connectivity index (χ4n) is 3.28. The molecule has 0 aliphatic heterocycles. The van der Waals surface area contributed by atoms with Gasteiger partial charge >= 0.3 is 13.8 Å². The minimum absolute atomic E-state index is 0.148. The Balaban J connectivity index is 3.82. The topological polar surface area (TPSA) is 93.1 Å². The molecule has 0 aromatic carbocycles. The number of hydrogen-bond donors (Lipinski definition) is 2. The summed E-state index contributed by atoms with van der Waals surface area (Å²) < 4.78 is 22.7. The van der Waals surface area contributed by atoms with Gasteiger partial charge in [0.05, 0.1) is 34.2 Å². The molecule has 2 N–H and O–H groups in total. The molecule has 7 nitrogen and oxygen atoms in total. The zero-order valence-electron chi connectivity index (χ0n) is 19.1. The lowest BCUT2D eigenvalue weighted by atomic mass is 10.1. The molecule has 0 saturated carbocycles. The molecule has 0 amide bonds. The second-order valence-electron chi connectivity index (χ2n) is 8.99. The number of unbranched alkanes of at least 4 members (excludes halogenated alkanes) is 11. The number of phosphoric acid groups is 1. The number of hydrogen-bond acceptors (Lipinski definition) is 4. The molecule has 0 rings (SSSR count). The van der Waals surface area contributed by atoms with Crippen molar-refractivity contribution in [2.75, 3.05) is 34.3 Å². The normalized spacial score (nSPS) is 15.2. The van der Waals surface area contributed by atoms with Gasteiger partial charge in [0.1, 0.15) is 12.6 Å². The summed E-state index contributed by atoms with van der Waals surface area (Å²) in [6.07, 6.45) is 13.3. The van der Waals surface area contributed by atoms with E-state index in [1.165, 1.54) is 57.8 Å². The molecule has 0 heterocycles. The molecular formula is C21H45NO6P+. The van der Waals surface area contributed by atoms with Crippen molar-refractivity contribution in [2.45, 2.75) is 96.5 Å². The molecule has 0 saturated heterocycles. The van der Waals surface area contributed by atoms with Crippen LogP contribution in [0.3, 0.4) is 0 Å². The summed E-state index contributed by atoms with van der Waals surface area (Å²) in [6, 6.07) is 0. The summed E-state index contributed by atoms with van der Waals surface area (Å²) >= 11 is 0. The molecule has 8 heteroatoms. The minimum Gasteiger partial charge on any atom is -0.481 e. The van der Waals surface area contributed by atoms with Gasteiger partial charge in [0.15, 0.2) is 0 Å². The molecule has 0 aromatic rings. The highest BCUT2D eigenvalue weighted by Crippen LogP contribution is 2.45. The van der Waals surface area contributed by atoms with Crippen LogP contribution in [-0.4, -0.2) is 60.9 Å². The molecule has 0 fully saturated rings. The van der Waals surface area contributed by atoms with Gasteiger partial charge in [0.25, 0.3) is 0 Å². The monoisotopic (exact) mass is 438 g/mol. The Bertz CT molecular complexity index is 467. The Morgan fingerprint density at radius 2 is 1.34 bits per heavy atom. The number of nitrogens with zero attached hydrogens (tertiary/aromatic N) is 1. The number of carbonyl (C=O) groups is 1. The summed E-state index contributed by atoms with van der Waals surface area (Å²) in [5, 5.41) is 8.98. The van der Waals surface area contributed by atoms with Crippen molar-refractivity contribution in [1.82, 2.24) is 0 Å². The maximum atomic E-state index is 12.1. The van der Waals surface area contributed by atoms with Crippen molar-refractivity contribution in [1.29, 1.82) is 0 Å². The molecule has 0 aliphatic rings. The zero-order chi connectivity index (χ0) is 22.2. The van der Waals surface area contributed by atoms with Gasteiger partial charge in [-0.15, -0.1) is 0 Å². The second-order valence-corrected chi connectivity index (χ2v) is 10.4. The Kier molecular flexibility index (Phi) is 16.0. The van der Waals surface area contributed by atoms with Crippen molar-refractivity contribution in [2.24, 2.45) is 0 Å². The lowest BCUT2D eigenvalue weighted by Crippen LogP contribution is -2.42. The van der Waals surface area contributed by atoms with E-state index in [2.05, 4.69) is 6.92 Å². The van der Waals surface area contributed by atoms with Crippen LogP contribution in [0.5, 0.6) is 0 Å². The van der Waals surface area contributed by atoms with Gasteiger partial charge in [-0.25, -0.2) is 4.57 Å². The number of aliphatic carboxylic acids is 1. The van der Waals surface area contributed by atoms with E-state index in [0.29, 0.717) is 17.4 Å². The maximum Gasteiger partial charge on any atom is 0.472 e. The first kappa shape index (κ1) is 28.5. The molecule has 0 bridgehead atoms. The number of carboxylic acids is 1. The molecule has 1 unspecified atom stereocenters. The van der Waals surface area contributed by atoms with Crippen LogP contribution in [0.25, 0.3) is 0 Å². The van der Waals surface area contributed by atoms with Crippen LogP contribution in [0, 0.1) is 0 Å². The number of carboxylic acid groups (broad SMARTS) is 1. The van der Waals surface area contributed by atoms with E-state index in [1.807, 2.05) is 21.1 Å². The number of likely N-dealkylation sites (N-methyl/N-ethyl adjacent to an activating group) is 1. The van der Waals surface area contributed by atoms with Gasteiger partial charge in [-0.05, 0) is 6.42 Å².